The molecule has 1 aromatic carbocycles. The van der Waals surface area contributed by atoms with Crippen molar-refractivity contribution in [3.8, 4) is 5.75 Å². The summed E-state index contributed by atoms with van der Waals surface area (Å²) in [5.74, 6) is 0.883. The third-order valence-corrected chi connectivity index (χ3v) is 2.69. The molecule has 0 aliphatic rings. The minimum absolute atomic E-state index is 0.298. The molecule has 0 aliphatic carbocycles. The molecule has 1 rings (SSSR count). The molecule has 1 unspecified atom stereocenters. The number of likely N-dealkylation sites (N-methyl/N-ethyl adjacent to an activating group) is 1. The summed E-state index contributed by atoms with van der Waals surface area (Å²) in [5, 5.41) is 3.16. The fourth-order valence-electron chi connectivity index (χ4n) is 1.73. The molecule has 17 heavy (non-hydrogen) atoms. The predicted molar refractivity (Wildman–Crippen MR) is 70.4 cm³/mol. The van der Waals surface area contributed by atoms with Crippen molar-refractivity contribution >= 4 is 0 Å². The van der Waals surface area contributed by atoms with Gasteiger partial charge in [-0.25, -0.2) is 0 Å². The van der Waals surface area contributed by atoms with Gasteiger partial charge >= 0.3 is 0 Å². The zero-order chi connectivity index (χ0) is 12.5. The first-order chi connectivity index (χ1) is 8.30. The first kappa shape index (κ1) is 14.0. The van der Waals surface area contributed by atoms with Crippen LogP contribution in [0.15, 0.2) is 24.3 Å². The molecule has 0 aliphatic heterocycles. The number of benzene rings is 1. The Morgan fingerprint density at radius 2 is 1.94 bits per heavy atom. The van der Waals surface area contributed by atoms with Crippen molar-refractivity contribution in [1.29, 1.82) is 0 Å². The van der Waals surface area contributed by atoms with E-state index in [9.17, 15) is 0 Å². The van der Waals surface area contributed by atoms with Gasteiger partial charge in [-0.3, -0.25) is 0 Å². The summed E-state index contributed by atoms with van der Waals surface area (Å²) in [6, 6.07) is 8.01. The second-order valence-corrected chi connectivity index (χ2v) is 4.13. The molecule has 1 aromatic rings. The van der Waals surface area contributed by atoms with Gasteiger partial charge in [0.05, 0.1) is 19.8 Å². The van der Waals surface area contributed by atoms with E-state index in [-0.39, 0.29) is 0 Å². The molecule has 0 aromatic heterocycles. The van der Waals surface area contributed by atoms with Gasteiger partial charge in [0.1, 0.15) is 5.75 Å². The van der Waals surface area contributed by atoms with E-state index in [4.69, 9.17) is 9.47 Å². The third kappa shape index (κ3) is 5.20. The Morgan fingerprint density at radius 3 is 2.47 bits per heavy atom. The van der Waals surface area contributed by atoms with Gasteiger partial charge in [-0.05, 0) is 31.2 Å². The normalized spacial score (nSPS) is 12.4. The first-order valence-electron chi connectivity index (χ1n) is 6.19. The van der Waals surface area contributed by atoms with Crippen molar-refractivity contribution in [2.75, 3.05) is 20.7 Å². The van der Waals surface area contributed by atoms with Crippen molar-refractivity contribution in [3.05, 3.63) is 29.8 Å². The van der Waals surface area contributed by atoms with Crippen LogP contribution in [0.5, 0.6) is 5.75 Å². The SMILES string of the molecule is CCCC(CNC)OCc1ccc(OC)cc1. The molecule has 3 heteroatoms. The summed E-state index contributed by atoms with van der Waals surface area (Å²) in [6.45, 7) is 3.75. The molecule has 0 radical (unpaired) electrons. The zero-order valence-corrected chi connectivity index (χ0v) is 11.0. The maximum Gasteiger partial charge on any atom is 0.118 e. The van der Waals surface area contributed by atoms with Crippen LogP contribution in [-0.4, -0.2) is 26.8 Å². The standard InChI is InChI=1S/C14H23NO2/c1-4-5-14(10-15-2)17-11-12-6-8-13(16-3)9-7-12/h6-9,14-15H,4-5,10-11H2,1-3H3. The maximum atomic E-state index is 5.88. The van der Waals surface area contributed by atoms with Gasteiger partial charge in [-0.2, -0.15) is 0 Å². The van der Waals surface area contributed by atoms with E-state index < -0.39 is 0 Å². The predicted octanol–water partition coefficient (Wildman–Crippen LogP) is 2.60. The monoisotopic (exact) mass is 237 g/mol. The summed E-state index contributed by atoms with van der Waals surface area (Å²) in [6.07, 6.45) is 2.54. The van der Waals surface area contributed by atoms with Crippen molar-refractivity contribution in [2.45, 2.75) is 32.5 Å². The van der Waals surface area contributed by atoms with Crippen LogP contribution in [0.3, 0.4) is 0 Å². The Bertz CT molecular complexity index is 292. The molecule has 96 valence electrons. The molecule has 1 N–H and O–H groups in total. The number of ether oxygens (including phenoxy) is 2. The van der Waals surface area contributed by atoms with E-state index >= 15 is 0 Å². The fraction of sp³-hybridized carbons (Fsp3) is 0.571. The Labute approximate surface area is 104 Å². The molecule has 1 atom stereocenters. The largest absolute Gasteiger partial charge is 0.497 e. The molecule has 0 saturated carbocycles. The molecule has 0 spiro atoms. The van der Waals surface area contributed by atoms with Crippen LogP contribution in [-0.2, 0) is 11.3 Å². The highest BCUT2D eigenvalue weighted by molar-refractivity contribution is 5.26. The van der Waals surface area contributed by atoms with E-state index in [1.807, 2.05) is 31.3 Å². The molecule has 3 nitrogen and oxygen atoms in total. The van der Waals surface area contributed by atoms with Gasteiger partial charge in [0.25, 0.3) is 0 Å². The van der Waals surface area contributed by atoms with E-state index in [1.54, 1.807) is 7.11 Å². The van der Waals surface area contributed by atoms with Crippen LogP contribution in [0.25, 0.3) is 0 Å². The molecular formula is C14H23NO2. The Morgan fingerprint density at radius 1 is 1.24 bits per heavy atom. The van der Waals surface area contributed by atoms with E-state index in [2.05, 4.69) is 12.2 Å². The number of hydrogen-bond donors (Lipinski definition) is 1. The average molecular weight is 237 g/mol. The molecule has 0 bridgehead atoms. The quantitative estimate of drug-likeness (QED) is 0.754. The maximum absolute atomic E-state index is 5.88. The van der Waals surface area contributed by atoms with Crippen LogP contribution in [0, 0.1) is 0 Å². The van der Waals surface area contributed by atoms with Crippen LogP contribution in [0.1, 0.15) is 25.3 Å². The van der Waals surface area contributed by atoms with Gasteiger partial charge in [0.15, 0.2) is 0 Å². The summed E-state index contributed by atoms with van der Waals surface area (Å²) >= 11 is 0. The molecule has 0 fully saturated rings. The van der Waals surface area contributed by atoms with Gasteiger partial charge in [0.2, 0.25) is 0 Å². The second kappa shape index (κ2) is 8.09. The van der Waals surface area contributed by atoms with Gasteiger partial charge in [-0.15, -0.1) is 0 Å². The molecule has 0 saturated heterocycles. The summed E-state index contributed by atoms with van der Waals surface area (Å²) < 4.78 is 11.0. The fourth-order valence-corrected chi connectivity index (χ4v) is 1.73. The van der Waals surface area contributed by atoms with Gasteiger partial charge < -0.3 is 14.8 Å². The van der Waals surface area contributed by atoms with Crippen molar-refractivity contribution in [3.63, 3.8) is 0 Å². The lowest BCUT2D eigenvalue weighted by Crippen LogP contribution is -2.26. The number of nitrogens with one attached hydrogen (secondary N) is 1. The zero-order valence-electron chi connectivity index (χ0n) is 11.0. The van der Waals surface area contributed by atoms with Crippen molar-refractivity contribution in [2.24, 2.45) is 0 Å². The van der Waals surface area contributed by atoms with Gasteiger partial charge in [-0.1, -0.05) is 25.5 Å². The van der Waals surface area contributed by atoms with Crippen LogP contribution in [0.4, 0.5) is 0 Å². The summed E-state index contributed by atoms with van der Waals surface area (Å²) in [5.41, 5.74) is 1.18. The average Bonchev–Trinajstić information content (AvgIpc) is 2.37. The Hall–Kier alpha value is -1.06. The summed E-state index contributed by atoms with van der Waals surface area (Å²) in [7, 11) is 3.63. The van der Waals surface area contributed by atoms with Crippen molar-refractivity contribution < 1.29 is 9.47 Å². The van der Waals surface area contributed by atoms with Gasteiger partial charge in [0, 0.05) is 6.54 Å². The third-order valence-electron chi connectivity index (χ3n) is 2.69. The molecular weight excluding hydrogens is 214 g/mol. The minimum Gasteiger partial charge on any atom is -0.497 e. The highest BCUT2D eigenvalue weighted by atomic mass is 16.5. The number of rotatable bonds is 8. The number of hydrogen-bond acceptors (Lipinski definition) is 3. The lowest BCUT2D eigenvalue weighted by molar-refractivity contribution is 0.0360. The minimum atomic E-state index is 0.298. The Kier molecular flexibility index (Phi) is 6.67. The van der Waals surface area contributed by atoms with E-state index in [1.165, 1.54) is 5.56 Å². The van der Waals surface area contributed by atoms with Crippen LogP contribution < -0.4 is 10.1 Å². The smallest absolute Gasteiger partial charge is 0.118 e. The summed E-state index contributed by atoms with van der Waals surface area (Å²) in [4.78, 5) is 0. The van der Waals surface area contributed by atoms with E-state index in [0.29, 0.717) is 12.7 Å². The topological polar surface area (TPSA) is 30.5 Å². The van der Waals surface area contributed by atoms with Crippen molar-refractivity contribution in [1.82, 2.24) is 5.32 Å². The van der Waals surface area contributed by atoms with E-state index in [0.717, 1.165) is 25.1 Å². The van der Waals surface area contributed by atoms with Crippen LogP contribution >= 0.6 is 0 Å². The Balaban J connectivity index is 2.41. The highest BCUT2D eigenvalue weighted by Crippen LogP contribution is 2.13. The van der Waals surface area contributed by atoms with Crippen LogP contribution in [0.2, 0.25) is 0 Å². The molecule has 0 heterocycles. The lowest BCUT2D eigenvalue weighted by Gasteiger charge is -2.16. The second-order valence-electron chi connectivity index (χ2n) is 4.13. The first-order valence-corrected chi connectivity index (χ1v) is 6.19. The lowest BCUT2D eigenvalue weighted by atomic mass is 10.2. The highest BCUT2D eigenvalue weighted by Gasteiger charge is 2.06. The molecule has 0 amide bonds. The number of methoxy groups -OCH3 is 1.